The normalized spacial score (nSPS) is 23.8. The highest BCUT2D eigenvalue weighted by atomic mass is 16.1. The third kappa shape index (κ3) is 3.07. The van der Waals surface area contributed by atoms with Gasteiger partial charge in [-0.25, -0.2) is 0 Å². The molecule has 0 saturated carbocycles. The summed E-state index contributed by atoms with van der Waals surface area (Å²) in [7, 11) is 0. The van der Waals surface area contributed by atoms with Crippen molar-refractivity contribution >= 4 is 5.78 Å². The molecule has 1 rings (SSSR count). The van der Waals surface area contributed by atoms with E-state index in [1.165, 1.54) is 5.57 Å². The number of hydrogen-bond donors (Lipinski definition) is 0. The largest absolute Gasteiger partial charge is 0.300 e. The fourth-order valence-electron chi connectivity index (χ4n) is 2.33. The van der Waals surface area contributed by atoms with Crippen LogP contribution in [0.3, 0.4) is 0 Å². The lowest BCUT2D eigenvalue weighted by molar-refractivity contribution is -0.120. The molecule has 1 heteroatoms. The van der Waals surface area contributed by atoms with Crippen molar-refractivity contribution < 1.29 is 4.79 Å². The molecule has 0 radical (unpaired) electrons. The van der Waals surface area contributed by atoms with E-state index < -0.39 is 0 Å². The maximum atomic E-state index is 11.8. The van der Waals surface area contributed by atoms with E-state index in [9.17, 15) is 4.79 Å². The van der Waals surface area contributed by atoms with Crippen LogP contribution in [0.4, 0.5) is 0 Å². The maximum Gasteiger partial charge on any atom is 0.133 e. The lowest BCUT2D eigenvalue weighted by Gasteiger charge is -2.29. The van der Waals surface area contributed by atoms with E-state index in [0.717, 1.165) is 19.3 Å². The Morgan fingerprint density at radius 1 is 1.56 bits per heavy atom. The summed E-state index contributed by atoms with van der Waals surface area (Å²) in [5.41, 5.74) is 1.66. The number of allylic oxidation sites excluding steroid dienone is 4. The van der Waals surface area contributed by atoms with Gasteiger partial charge in [-0.15, -0.1) is 0 Å². The Labute approximate surface area is 99.6 Å². The topological polar surface area (TPSA) is 17.1 Å². The average Bonchev–Trinajstić information content (AvgIpc) is 2.45. The van der Waals surface area contributed by atoms with Gasteiger partial charge in [0.15, 0.2) is 0 Å². The monoisotopic (exact) mass is 220 g/mol. The molecule has 0 bridgehead atoms. The molecular formula is C15H24O. The lowest BCUT2D eigenvalue weighted by Crippen LogP contribution is -2.23. The molecule has 0 amide bonds. The highest BCUT2D eigenvalue weighted by Crippen LogP contribution is 2.44. The van der Waals surface area contributed by atoms with Gasteiger partial charge >= 0.3 is 0 Å². The van der Waals surface area contributed by atoms with E-state index >= 15 is 0 Å². The van der Waals surface area contributed by atoms with E-state index in [2.05, 4.69) is 32.9 Å². The van der Waals surface area contributed by atoms with Crippen molar-refractivity contribution in [1.82, 2.24) is 0 Å². The van der Waals surface area contributed by atoms with Gasteiger partial charge in [0.05, 0.1) is 0 Å². The van der Waals surface area contributed by atoms with Crippen LogP contribution in [0.15, 0.2) is 23.8 Å². The molecule has 0 fully saturated rings. The molecule has 1 atom stereocenters. The van der Waals surface area contributed by atoms with Gasteiger partial charge in [0, 0.05) is 12.8 Å². The Bertz CT molecular complexity index is 307. The summed E-state index contributed by atoms with van der Waals surface area (Å²) in [6.45, 7) is 8.70. The van der Waals surface area contributed by atoms with Crippen molar-refractivity contribution in [3.8, 4) is 0 Å². The summed E-state index contributed by atoms with van der Waals surface area (Å²) in [6.07, 6.45) is 9.81. The summed E-state index contributed by atoms with van der Waals surface area (Å²) in [5.74, 6) is 0.935. The van der Waals surface area contributed by atoms with Crippen LogP contribution >= 0.6 is 0 Å². The van der Waals surface area contributed by atoms with Crippen molar-refractivity contribution in [2.45, 2.75) is 53.4 Å². The summed E-state index contributed by atoms with van der Waals surface area (Å²) in [5, 5.41) is 0. The average molecular weight is 220 g/mol. The molecule has 0 aromatic rings. The highest BCUT2D eigenvalue weighted by molar-refractivity contribution is 5.79. The molecule has 0 saturated heterocycles. The first-order valence-corrected chi connectivity index (χ1v) is 6.28. The third-order valence-electron chi connectivity index (χ3n) is 4.05. The molecule has 1 unspecified atom stereocenters. The lowest BCUT2D eigenvalue weighted by atomic mass is 9.75. The van der Waals surface area contributed by atoms with Crippen LogP contribution in [-0.2, 0) is 4.79 Å². The van der Waals surface area contributed by atoms with E-state index in [1.807, 2.05) is 13.0 Å². The molecule has 1 aliphatic carbocycles. The molecule has 0 N–H and O–H groups in total. The van der Waals surface area contributed by atoms with Crippen molar-refractivity contribution in [3.05, 3.63) is 23.8 Å². The van der Waals surface area contributed by atoms with Gasteiger partial charge in [-0.3, -0.25) is 4.79 Å². The Morgan fingerprint density at radius 3 is 2.75 bits per heavy atom. The Morgan fingerprint density at radius 2 is 2.25 bits per heavy atom. The zero-order valence-corrected chi connectivity index (χ0v) is 11.0. The van der Waals surface area contributed by atoms with Gasteiger partial charge in [-0.1, -0.05) is 37.6 Å². The van der Waals surface area contributed by atoms with Crippen LogP contribution in [0, 0.1) is 11.3 Å². The van der Waals surface area contributed by atoms with Crippen molar-refractivity contribution in [2.24, 2.45) is 11.3 Å². The second-order valence-corrected chi connectivity index (χ2v) is 5.39. The zero-order valence-electron chi connectivity index (χ0n) is 11.0. The Hall–Kier alpha value is -0.850. The first-order valence-electron chi connectivity index (χ1n) is 6.28. The van der Waals surface area contributed by atoms with E-state index in [-0.39, 0.29) is 5.41 Å². The fraction of sp³-hybridized carbons (Fsp3) is 0.667. The van der Waals surface area contributed by atoms with Crippen LogP contribution in [0.25, 0.3) is 0 Å². The standard InChI is InChI=1S/C15H24O/c1-5-6-7-8-14(16)11-13-10-9-12(2)15(13,3)4/h5-6,9,13H,7-8,10-11H2,1-4H3. The highest BCUT2D eigenvalue weighted by Gasteiger charge is 2.35. The van der Waals surface area contributed by atoms with Crippen LogP contribution in [-0.4, -0.2) is 5.78 Å². The number of hydrogen-bond acceptors (Lipinski definition) is 1. The van der Waals surface area contributed by atoms with Crippen LogP contribution < -0.4 is 0 Å². The summed E-state index contributed by atoms with van der Waals surface area (Å²) < 4.78 is 0. The molecule has 0 aromatic carbocycles. The maximum absolute atomic E-state index is 11.8. The van der Waals surface area contributed by atoms with Gasteiger partial charge in [-0.05, 0) is 38.0 Å². The molecular weight excluding hydrogens is 196 g/mol. The Kier molecular flexibility index (Phi) is 4.52. The zero-order chi connectivity index (χ0) is 12.2. The molecule has 0 aliphatic heterocycles. The second-order valence-electron chi connectivity index (χ2n) is 5.39. The van der Waals surface area contributed by atoms with E-state index in [1.54, 1.807) is 0 Å². The summed E-state index contributed by atoms with van der Waals surface area (Å²) in [4.78, 5) is 11.8. The van der Waals surface area contributed by atoms with Crippen LogP contribution in [0.5, 0.6) is 0 Å². The van der Waals surface area contributed by atoms with E-state index in [4.69, 9.17) is 0 Å². The van der Waals surface area contributed by atoms with Gasteiger partial charge in [-0.2, -0.15) is 0 Å². The molecule has 0 aromatic heterocycles. The molecule has 0 heterocycles. The smallest absolute Gasteiger partial charge is 0.133 e. The molecule has 90 valence electrons. The minimum Gasteiger partial charge on any atom is -0.300 e. The number of carbonyl (C=O) groups excluding carboxylic acids is 1. The number of Topliss-reactive ketones (excluding diaryl/α,β-unsaturated/α-hetero) is 1. The number of carbonyl (C=O) groups is 1. The van der Waals surface area contributed by atoms with Crippen molar-refractivity contribution in [3.63, 3.8) is 0 Å². The fourth-order valence-corrected chi connectivity index (χ4v) is 2.33. The molecule has 16 heavy (non-hydrogen) atoms. The third-order valence-corrected chi connectivity index (χ3v) is 4.05. The Balaban J connectivity index is 2.42. The SMILES string of the molecule is CC=CCCC(=O)CC1CC=C(C)C1(C)C. The van der Waals surface area contributed by atoms with Crippen molar-refractivity contribution in [1.29, 1.82) is 0 Å². The summed E-state index contributed by atoms with van der Waals surface area (Å²) >= 11 is 0. The number of ketones is 1. The quantitative estimate of drug-likeness (QED) is 0.631. The van der Waals surface area contributed by atoms with Crippen molar-refractivity contribution in [2.75, 3.05) is 0 Å². The van der Waals surface area contributed by atoms with Crippen LogP contribution in [0.1, 0.15) is 53.4 Å². The van der Waals surface area contributed by atoms with E-state index in [0.29, 0.717) is 18.1 Å². The molecule has 0 spiro atoms. The summed E-state index contributed by atoms with van der Waals surface area (Å²) in [6, 6.07) is 0. The van der Waals surface area contributed by atoms with Crippen LogP contribution in [0.2, 0.25) is 0 Å². The van der Waals surface area contributed by atoms with Gasteiger partial charge in [0.25, 0.3) is 0 Å². The number of rotatable bonds is 5. The molecule has 1 aliphatic rings. The first kappa shape index (κ1) is 13.2. The minimum absolute atomic E-state index is 0.219. The predicted molar refractivity (Wildman–Crippen MR) is 69.3 cm³/mol. The molecule has 1 nitrogen and oxygen atoms in total. The predicted octanol–water partition coefficient (Wildman–Crippen LogP) is 4.29. The van der Waals surface area contributed by atoms with Gasteiger partial charge in [0.2, 0.25) is 0 Å². The van der Waals surface area contributed by atoms with Gasteiger partial charge < -0.3 is 0 Å². The minimum atomic E-state index is 0.219. The first-order chi connectivity index (χ1) is 7.48. The second kappa shape index (κ2) is 5.47. The van der Waals surface area contributed by atoms with Gasteiger partial charge in [0.1, 0.15) is 5.78 Å².